The Kier molecular flexibility index (Phi) is 6.83. The number of ether oxygens (including phenoxy) is 2. The van der Waals surface area contributed by atoms with Crippen LogP contribution in [-0.4, -0.2) is 68.6 Å². The van der Waals surface area contributed by atoms with Crippen LogP contribution in [0.1, 0.15) is 22.3 Å². The fraction of sp³-hybridized carbons (Fsp3) is 0.381. The molecule has 2 aromatic rings. The molecule has 0 aliphatic carbocycles. The summed E-state index contributed by atoms with van der Waals surface area (Å²) < 4.78 is 10.9. The summed E-state index contributed by atoms with van der Waals surface area (Å²) in [6, 6.07) is 13.6. The number of phenols is 1. The van der Waals surface area contributed by atoms with E-state index in [4.69, 9.17) is 9.47 Å². The molecule has 0 bridgehead atoms. The molecule has 0 saturated carbocycles. The van der Waals surface area contributed by atoms with Gasteiger partial charge in [0.15, 0.2) is 5.78 Å². The van der Waals surface area contributed by atoms with E-state index >= 15 is 0 Å². The fourth-order valence-corrected chi connectivity index (χ4v) is 3.22. The summed E-state index contributed by atoms with van der Waals surface area (Å²) in [5, 5.41) is 49.4. The van der Waals surface area contributed by atoms with E-state index in [-0.39, 0.29) is 29.3 Å². The lowest BCUT2D eigenvalue weighted by Gasteiger charge is -2.39. The van der Waals surface area contributed by atoms with Crippen LogP contribution in [0.25, 0.3) is 0 Å². The number of aliphatic hydroxyl groups is 4. The molecule has 3 rings (SSSR count). The van der Waals surface area contributed by atoms with E-state index in [1.807, 2.05) is 30.3 Å². The largest absolute Gasteiger partial charge is 0.507 e. The molecule has 0 unspecified atom stereocenters. The van der Waals surface area contributed by atoms with Crippen molar-refractivity contribution in [2.45, 2.75) is 43.5 Å². The van der Waals surface area contributed by atoms with Gasteiger partial charge in [0, 0.05) is 6.42 Å². The highest BCUT2D eigenvalue weighted by atomic mass is 16.7. The van der Waals surface area contributed by atoms with Crippen molar-refractivity contribution in [1.82, 2.24) is 0 Å². The minimum atomic E-state index is -1.62. The van der Waals surface area contributed by atoms with Crippen LogP contribution in [0.4, 0.5) is 0 Å². The van der Waals surface area contributed by atoms with Crippen LogP contribution in [0.15, 0.2) is 48.5 Å². The lowest BCUT2D eigenvalue weighted by molar-refractivity contribution is -0.277. The van der Waals surface area contributed by atoms with Crippen LogP contribution >= 0.6 is 0 Å². The SMILES string of the molecule is O=C(CCc1ccccc1)c1c(O)cccc1O[C@@H]1O[C@H](CO)[C@@H](O)[C@H](O)[C@H]1O. The topological polar surface area (TPSA) is 137 Å². The Hall–Kier alpha value is -2.49. The van der Waals surface area contributed by atoms with Crippen molar-refractivity contribution in [2.75, 3.05) is 6.61 Å². The third-order valence-corrected chi connectivity index (χ3v) is 4.86. The number of carbonyl (C=O) groups excluding carboxylic acids is 1. The standard InChI is InChI=1S/C21H24O8/c22-11-16-18(25)19(26)20(27)21(29-16)28-15-8-4-7-13(23)17(15)14(24)10-9-12-5-2-1-3-6-12/h1-8,16,18-23,25-27H,9-11H2/t16-,18-,19+,20-,21-/m1/s1. The summed E-state index contributed by atoms with van der Waals surface area (Å²) in [7, 11) is 0. The molecule has 0 amide bonds. The average Bonchev–Trinajstić information content (AvgIpc) is 2.73. The molecular formula is C21H24O8. The van der Waals surface area contributed by atoms with E-state index in [0.29, 0.717) is 6.42 Å². The summed E-state index contributed by atoms with van der Waals surface area (Å²) in [6.07, 6.45) is -6.77. The number of carbonyl (C=O) groups is 1. The first-order valence-electron chi connectivity index (χ1n) is 9.28. The van der Waals surface area contributed by atoms with Crippen molar-refractivity contribution in [1.29, 1.82) is 0 Å². The van der Waals surface area contributed by atoms with Gasteiger partial charge >= 0.3 is 0 Å². The van der Waals surface area contributed by atoms with Crippen molar-refractivity contribution < 1.29 is 39.8 Å². The third kappa shape index (κ3) is 4.75. The molecule has 156 valence electrons. The minimum absolute atomic E-state index is 0.0348. The number of Topliss-reactive ketones (excluding diaryl/α,β-unsaturated/α-hetero) is 1. The zero-order chi connectivity index (χ0) is 21.0. The van der Waals surface area contributed by atoms with E-state index in [9.17, 15) is 30.3 Å². The Balaban J connectivity index is 1.78. The molecule has 1 saturated heterocycles. The van der Waals surface area contributed by atoms with Gasteiger partial charge in [0.25, 0.3) is 0 Å². The predicted molar refractivity (Wildman–Crippen MR) is 102 cm³/mol. The number of phenolic OH excluding ortho intramolecular Hbond substituents is 1. The van der Waals surface area contributed by atoms with Gasteiger partial charge in [-0.15, -0.1) is 0 Å². The van der Waals surface area contributed by atoms with Gasteiger partial charge in [-0.2, -0.15) is 0 Å². The molecular weight excluding hydrogens is 380 g/mol. The van der Waals surface area contributed by atoms with Crippen LogP contribution in [0.3, 0.4) is 0 Å². The van der Waals surface area contributed by atoms with Crippen molar-refractivity contribution in [3.8, 4) is 11.5 Å². The first kappa shape index (κ1) is 21.2. The molecule has 2 aromatic carbocycles. The van der Waals surface area contributed by atoms with Crippen LogP contribution in [0.5, 0.6) is 11.5 Å². The van der Waals surface area contributed by atoms with E-state index in [1.54, 1.807) is 0 Å². The van der Waals surface area contributed by atoms with Crippen LogP contribution in [0, 0.1) is 0 Å². The Labute approximate surface area is 167 Å². The van der Waals surface area contributed by atoms with E-state index < -0.39 is 37.3 Å². The Morgan fingerprint density at radius 1 is 0.966 bits per heavy atom. The van der Waals surface area contributed by atoms with Crippen molar-refractivity contribution in [2.24, 2.45) is 0 Å². The molecule has 1 aliphatic rings. The summed E-state index contributed by atoms with van der Waals surface area (Å²) >= 11 is 0. The van der Waals surface area contributed by atoms with Crippen molar-refractivity contribution in [3.63, 3.8) is 0 Å². The molecule has 8 nitrogen and oxygen atoms in total. The smallest absolute Gasteiger partial charge is 0.229 e. The van der Waals surface area contributed by atoms with Gasteiger partial charge in [-0.3, -0.25) is 4.79 Å². The summed E-state index contributed by atoms with van der Waals surface area (Å²) in [5.41, 5.74) is 0.896. The van der Waals surface area contributed by atoms with Crippen LogP contribution in [-0.2, 0) is 11.2 Å². The Bertz CT molecular complexity index is 823. The number of aryl methyl sites for hydroxylation is 1. The second-order valence-corrected chi connectivity index (χ2v) is 6.87. The zero-order valence-corrected chi connectivity index (χ0v) is 15.6. The molecule has 1 aliphatic heterocycles. The highest BCUT2D eigenvalue weighted by Gasteiger charge is 2.45. The monoisotopic (exact) mass is 404 g/mol. The third-order valence-electron chi connectivity index (χ3n) is 4.86. The molecule has 5 atom stereocenters. The van der Waals surface area contributed by atoms with E-state index in [1.165, 1.54) is 18.2 Å². The fourth-order valence-electron chi connectivity index (χ4n) is 3.22. The normalized spacial score (nSPS) is 26.8. The average molecular weight is 404 g/mol. The van der Waals surface area contributed by atoms with E-state index in [0.717, 1.165) is 5.56 Å². The maximum Gasteiger partial charge on any atom is 0.229 e. The van der Waals surface area contributed by atoms with Crippen LogP contribution < -0.4 is 4.74 Å². The molecule has 1 heterocycles. The minimum Gasteiger partial charge on any atom is -0.507 e. The summed E-state index contributed by atoms with van der Waals surface area (Å²) in [6.45, 7) is -0.603. The molecule has 0 radical (unpaired) electrons. The summed E-state index contributed by atoms with van der Waals surface area (Å²) in [5.74, 6) is -0.691. The molecule has 1 fully saturated rings. The second-order valence-electron chi connectivity index (χ2n) is 6.87. The molecule has 8 heteroatoms. The lowest BCUT2D eigenvalue weighted by atomic mass is 9.99. The predicted octanol–water partition coefficient (Wildman–Crippen LogP) is 0.386. The Morgan fingerprint density at radius 3 is 2.38 bits per heavy atom. The van der Waals surface area contributed by atoms with Gasteiger partial charge < -0.3 is 35.0 Å². The number of rotatable bonds is 7. The molecule has 5 N–H and O–H groups in total. The van der Waals surface area contributed by atoms with Gasteiger partial charge in [-0.25, -0.2) is 0 Å². The van der Waals surface area contributed by atoms with Gasteiger partial charge in [-0.05, 0) is 24.1 Å². The molecule has 0 aromatic heterocycles. The highest BCUT2D eigenvalue weighted by Crippen LogP contribution is 2.32. The van der Waals surface area contributed by atoms with E-state index in [2.05, 4.69) is 0 Å². The first-order valence-corrected chi connectivity index (χ1v) is 9.28. The maximum absolute atomic E-state index is 12.7. The summed E-state index contributed by atoms with van der Waals surface area (Å²) in [4.78, 5) is 12.7. The van der Waals surface area contributed by atoms with Gasteiger partial charge in [0.2, 0.25) is 6.29 Å². The number of hydrogen-bond acceptors (Lipinski definition) is 8. The van der Waals surface area contributed by atoms with Crippen molar-refractivity contribution in [3.05, 3.63) is 59.7 Å². The number of benzene rings is 2. The van der Waals surface area contributed by atoms with Crippen LogP contribution in [0.2, 0.25) is 0 Å². The second kappa shape index (κ2) is 9.34. The Morgan fingerprint density at radius 2 is 1.69 bits per heavy atom. The molecule has 29 heavy (non-hydrogen) atoms. The molecule has 0 spiro atoms. The number of ketones is 1. The van der Waals surface area contributed by atoms with Gasteiger partial charge in [0.05, 0.1) is 6.61 Å². The quantitative estimate of drug-likeness (QED) is 0.418. The number of aliphatic hydroxyl groups excluding tert-OH is 4. The van der Waals surface area contributed by atoms with Gasteiger partial charge in [-0.1, -0.05) is 36.4 Å². The van der Waals surface area contributed by atoms with Gasteiger partial charge in [0.1, 0.15) is 41.5 Å². The lowest BCUT2D eigenvalue weighted by Crippen LogP contribution is -2.60. The number of aromatic hydroxyl groups is 1. The highest BCUT2D eigenvalue weighted by molar-refractivity contribution is 6.01. The van der Waals surface area contributed by atoms with Crippen molar-refractivity contribution >= 4 is 5.78 Å². The number of hydrogen-bond donors (Lipinski definition) is 5. The maximum atomic E-state index is 12.7. The zero-order valence-electron chi connectivity index (χ0n) is 15.6. The first-order chi connectivity index (χ1) is 13.9.